The zero-order chi connectivity index (χ0) is 7.40. The topological polar surface area (TPSA) is 54.9 Å². The Labute approximate surface area is 59.1 Å². The van der Waals surface area contributed by atoms with Crippen LogP contribution in [0.25, 0.3) is 0 Å². The Morgan fingerprint density at radius 1 is 1.50 bits per heavy atom. The first kappa shape index (κ1) is 6.73. The van der Waals surface area contributed by atoms with Gasteiger partial charge in [0.25, 0.3) is 5.91 Å². The molecule has 0 spiro atoms. The van der Waals surface area contributed by atoms with E-state index in [0.29, 0.717) is 0 Å². The van der Waals surface area contributed by atoms with Gasteiger partial charge < -0.3 is 5.23 Å². The Morgan fingerprint density at radius 3 is 2.60 bits per heavy atom. The highest BCUT2D eigenvalue weighted by Crippen LogP contribution is 1.84. The van der Waals surface area contributed by atoms with Crippen LogP contribution in [0.4, 0.5) is 0 Å². The highest BCUT2D eigenvalue weighted by molar-refractivity contribution is 6.17. The van der Waals surface area contributed by atoms with Gasteiger partial charge >= 0.3 is 0 Å². The van der Waals surface area contributed by atoms with Gasteiger partial charge in [0.2, 0.25) is 13.8 Å². The van der Waals surface area contributed by atoms with Crippen molar-refractivity contribution in [3.63, 3.8) is 0 Å². The van der Waals surface area contributed by atoms with Crippen molar-refractivity contribution in [2.75, 3.05) is 0 Å². The second-order valence-corrected chi connectivity index (χ2v) is 1.55. The van der Waals surface area contributed by atoms with Gasteiger partial charge in [-0.3, -0.25) is 4.79 Å². The Morgan fingerprint density at radius 2 is 2.10 bits per heavy atom. The second kappa shape index (κ2) is 2.96. The van der Waals surface area contributed by atoms with Crippen LogP contribution in [0.5, 0.6) is 0 Å². The van der Waals surface area contributed by atoms with E-state index in [2.05, 4.69) is 9.97 Å². The van der Waals surface area contributed by atoms with Crippen molar-refractivity contribution in [2.45, 2.75) is 0 Å². The zero-order valence-corrected chi connectivity index (χ0v) is 5.11. The van der Waals surface area contributed by atoms with Gasteiger partial charge in [-0.1, -0.05) is 0 Å². The number of nitrogens with zero attached hydrogens (tertiary/aromatic N) is 2. The van der Waals surface area contributed by atoms with Crippen LogP contribution < -0.4 is 5.23 Å². The van der Waals surface area contributed by atoms with E-state index in [4.69, 9.17) is 7.98 Å². The lowest BCUT2D eigenvalue weighted by Crippen LogP contribution is -2.21. The van der Waals surface area contributed by atoms with Crippen molar-refractivity contribution in [1.82, 2.24) is 15.2 Å². The first-order valence-corrected chi connectivity index (χ1v) is 2.62. The minimum absolute atomic E-state index is 0.0741. The SMILES string of the molecule is [B]NC(=O)c1ncccn1. The smallest absolute Gasteiger partial charge is 0.276 e. The van der Waals surface area contributed by atoms with Crippen LogP contribution in [0.2, 0.25) is 0 Å². The summed E-state index contributed by atoms with van der Waals surface area (Å²) in [6.45, 7) is 0. The second-order valence-electron chi connectivity index (χ2n) is 1.55. The summed E-state index contributed by atoms with van der Waals surface area (Å²) >= 11 is 0. The average Bonchev–Trinajstić information content (AvgIpc) is 2.05. The molecule has 0 aliphatic carbocycles. The van der Waals surface area contributed by atoms with Crippen molar-refractivity contribution in [1.29, 1.82) is 0 Å². The molecule has 0 unspecified atom stereocenters. The van der Waals surface area contributed by atoms with E-state index in [9.17, 15) is 4.79 Å². The molecular weight excluding hydrogens is 129 g/mol. The monoisotopic (exact) mass is 133 g/mol. The van der Waals surface area contributed by atoms with Gasteiger partial charge in [0.05, 0.1) is 0 Å². The lowest BCUT2D eigenvalue weighted by molar-refractivity contribution is 0.0971. The molecule has 1 aromatic heterocycles. The lowest BCUT2D eigenvalue weighted by Gasteiger charge is -1.93. The molecule has 0 saturated carbocycles. The van der Waals surface area contributed by atoms with Crippen LogP contribution in [0.15, 0.2) is 18.5 Å². The summed E-state index contributed by atoms with van der Waals surface area (Å²) in [5.74, 6) is -0.411. The molecular formula is C5H4BN3O. The predicted molar refractivity (Wildman–Crippen MR) is 35.3 cm³/mol. The average molecular weight is 133 g/mol. The summed E-state index contributed by atoms with van der Waals surface area (Å²) in [6.07, 6.45) is 2.94. The van der Waals surface area contributed by atoms with Gasteiger partial charge in [0.1, 0.15) is 0 Å². The van der Waals surface area contributed by atoms with Crippen molar-refractivity contribution in [3.8, 4) is 0 Å². The molecule has 2 radical (unpaired) electrons. The van der Waals surface area contributed by atoms with E-state index in [1.54, 1.807) is 6.07 Å². The van der Waals surface area contributed by atoms with E-state index in [1.807, 2.05) is 5.23 Å². The lowest BCUT2D eigenvalue weighted by atomic mass is 10.4. The fraction of sp³-hybridized carbons (Fsp3) is 0. The number of aromatic nitrogens is 2. The van der Waals surface area contributed by atoms with Crippen LogP contribution in [-0.2, 0) is 0 Å². The summed E-state index contributed by atoms with van der Waals surface area (Å²) in [7, 11) is 4.82. The summed E-state index contributed by atoms with van der Waals surface area (Å²) in [6, 6.07) is 1.62. The number of hydrogen-bond acceptors (Lipinski definition) is 3. The van der Waals surface area contributed by atoms with Gasteiger partial charge in [-0.2, -0.15) is 0 Å². The van der Waals surface area contributed by atoms with Crippen LogP contribution in [0.1, 0.15) is 10.6 Å². The summed E-state index contributed by atoms with van der Waals surface area (Å²) in [5, 5.41) is 1.92. The van der Waals surface area contributed by atoms with E-state index < -0.39 is 5.91 Å². The number of rotatable bonds is 1. The molecule has 1 heterocycles. The quantitative estimate of drug-likeness (QED) is 0.514. The first-order valence-electron chi connectivity index (χ1n) is 2.62. The molecule has 0 aromatic carbocycles. The van der Waals surface area contributed by atoms with Gasteiger partial charge in [0.15, 0.2) is 0 Å². The maximum Gasteiger partial charge on any atom is 0.276 e. The van der Waals surface area contributed by atoms with Crippen molar-refractivity contribution in [3.05, 3.63) is 24.3 Å². The van der Waals surface area contributed by atoms with E-state index in [1.165, 1.54) is 12.4 Å². The third-order valence-corrected chi connectivity index (χ3v) is 0.900. The Bertz CT molecular complexity index is 226. The van der Waals surface area contributed by atoms with E-state index in [-0.39, 0.29) is 5.82 Å². The number of hydrogen-bond donors (Lipinski definition) is 1. The maximum absolute atomic E-state index is 10.7. The van der Waals surface area contributed by atoms with Gasteiger partial charge in [0, 0.05) is 12.4 Å². The number of carbonyl (C=O) groups excluding carboxylic acids is 1. The van der Waals surface area contributed by atoms with E-state index >= 15 is 0 Å². The molecule has 4 nitrogen and oxygen atoms in total. The molecule has 0 bridgehead atoms. The minimum Gasteiger partial charge on any atom is -0.402 e. The summed E-state index contributed by atoms with van der Waals surface area (Å²) in [5.41, 5.74) is 0. The van der Waals surface area contributed by atoms with Crippen LogP contribution in [0.3, 0.4) is 0 Å². The molecule has 10 heavy (non-hydrogen) atoms. The molecule has 48 valence electrons. The summed E-state index contributed by atoms with van der Waals surface area (Å²) in [4.78, 5) is 17.9. The largest absolute Gasteiger partial charge is 0.402 e. The Hall–Kier alpha value is -1.39. The standard InChI is InChI=1S/C5H4BN3O/c6-9-5(10)4-7-2-1-3-8-4/h1-3H,(H,9,10). The number of amides is 1. The number of nitrogens with one attached hydrogen (secondary N) is 1. The predicted octanol–water partition coefficient (Wildman–Crippen LogP) is -0.710. The highest BCUT2D eigenvalue weighted by atomic mass is 16.1. The minimum atomic E-state index is -0.486. The van der Waals surface area contributed by atoms with Gasteiger partial charge in [-0.25, -0.2) is 9.97 Å². The van der Waals surface area contributed by atoms with Crippen molar-refractivity contribution in [2.24, 2.45) is 0 Å². The van der Waals surface area contributed by atoms with Gasteiger partial charge in [-0.05, 0) is 6.07 Å². The Balaban J connectivity index is 2.85. The highest BCUT2D eigenvalue weighted by Gasteiger charge is 2.01. The van der Waals surface area contributed by atoms with Crippen LogP contribution in [-0.4, -0.2) is 23.9 Å². The molecule has 1 aromatic rings. The molecule has 1 rings (SSSR count). The molecule has 0 saturated heterocycles. The Kier molecular flexibility index (Phi) is 1.99. The zero-order valence-electron chi connectivity index (χ0n) is 5.11. The summed E-state index contributed by atoms with van der Waals surface area (Å²) < 4.78 is 0. The van der Waals surface area contributed by atoms with Crippen LogP contribution >= 0.6 is 0 Å². The molecule has 5 heteroatoms. The van der Waals surface area contributed by atoms with Crippen LogP contribution in [0, 0.1) is 0 Å². The number of carbonyl (C=O) groups is 1. The molecule has 0 atom stereocenters. The van der Waals surface area contributed by atoms with Crippen molar-refractivity contribution < 1.29 is 4.79 Å². The molecule has 0 fully saturated rings. The van der Waals surface area contributed by atoms with Gasteiger partial charge in [-0.15, -0.1) is 0 Å². The van der Waals surface area contributed by atoms with E-state index in [0.717, 1.165) is 0 Å². The van der Waals surface area contributed by atoms with Crippen molar-refractivity contribution >= 4 is 13.9 Å². The molecule has 0 aliphatic heterocycles. The molecule has 1 N–H and O–H groups in total. The maximum atomic E-state index is 10.7. The third-order valence-electron chi connectivity index (χ3n) is 0.900. The molecule has 0 aliphatic rings. The fourth-order valence-electron chi connectivity index (χ4n) is 0.481. The normalized spacial score (nSPS) is 8.80. The first-order chi connectivity index (χ1) is 4.84. The molecule has 1 amide bonds. The third kappa shape index (κ3) is 1.31. The fourth-order valence-corrected chi connectivity index (χ4v) is 0.481.